The number of benzene rings is 8. The van der Waals surface area contributed by atoms with Crippen LogP contribution in [0.3, 0.4) is 0 Å². The Morgan fingerprint density at radius 3 is 1.60 bits per heavy atom. The van der Waals surface area contributed by atoms with E-state index in [9.17, 15) is 0 Å². The van der Waals surface area contributed by atoms with Crippen LogP contribution in [-0.2, 0) is 0 Å². The summed E-state index contributed by atoms with van der Waals surface area (Å²) < 4.78 is 9.33. The zero-order valence-corrected chi connectivity index (χ0v) is 29.0. The summed E-state index contributed by atoms with van der Waals surface area (Å²) in [5.41, 5.74) is 10.6. The molecule has 8 aromatic carbocycles. The molecule has 2 heterocycles. The van der Waals surface area contributed by atoms with Crippen LogP contribution in [-0.4, -0.2) is 0 Å². The average Bonchev–Trinajstić information content (AvgIpc) is 3.79. The van der Waals surface area contributed by atoms with Crippen molar-refractivity contribution in [2.75, 3.05) is 9.80 Å². The number of hydrogen-bond acceptors (Lipinski definition) is 4. The second-order valence-corrected chi connectivity index (χ2v) is 14.0. The minimum atomic E-state index is 0.861. The summed E-state index contributed by atoms with van der Waals surface area (Å²) >= 11 is 1.85. The van der Waals surface area contributed by atoms with Gasteiger partial charge in [0.1, 0.15) is 11.2 Å². The summed E-state index contributed by atoms with van der Waals surface area (Å²) in [4.78, 5) is 4.69. The van der Waals surface area contributed by atoms with Crippen molar-refractivity contribution in [3.8, 4) is 11.1 Å². The number of anilines is 6. The van der Waals surface area contributed by atoms with Crippen molar-refractivity contribution < 1.29 is 4.42 Å². The van der Waals surface area contributed by atoms with Crippen LogP contribution >= 0.6 is 11.3 Å². The third-order valence-electron chi connectivity index (χ3n) is 9.85. The van der Waals surface area contributed by atoms with Gasteiger partial charge in [-0.1, -0.05) is 121 Å². The van der Waals surface area contributed by atoms with Crippen molar-refractivity contribution in [3.63, 3.8) is 0 Å². The molecule has 52 heavy (non-hydrogen) atoms. The van der Waals surface area contributed by atoms with E-state index in [1.165, 1.54) is 25.9 Å². The SMILES string of the molecule is c1ccc(N(c2ccc(-c3cccc4c3oc3cccc(N(c5ccccc5)c5ccccc5)c34)cc2)c2cccc3c2sc2ccccc23)cc1. The van der Waals surface area contributed by atoms with E-state index < -0.39 is 0 Å². The minimum absolute atomic E-state index is 0.861. The van der Waals surface area contributed by atoms with E-state index in [1.807, 2.05) is 11.3 Å². The summed E-state index contributed by atoms with van der Waals surface area (Å²) in [7, 11) is 0. The van der Waals surface area contributed by atoms with Gasteiger partial charge in [0.2, 0.25) is 0 Å². The Bertz CT molecular complexity index is 2800. The molecule has 0 aliphatic rings. The van der Waals surface area contributed by atoms with Gasteiger partial charge in [-0.2, -0.15) is 0 Å². The molecule has 0 unspecified atom stereocenters. The topological polar surface area (TPSA) is 19.6 Å². The largest absolute Gasteiger partial charge is 0.455 e. The maximum atomic E-state index is 6.76. The smallest absolute Gasteiger partial charge is 0.143 e. The van der Waals surface area contributed by atoms with E-state index in [2.05, 4.69) is 204 Å². The molecule has 4 heteroatoms. The molecule has 0 spiro atoms. The highest BCUT2D eigenvalue weighted by atomic mass is 32.1. The van der Waals surface area contributed by atoms with Gasteiger partial charge in [-0.15, -0.1) is 11.3 Å². The summed E-state index contributed by atoms with van der Waals surface area (Å²) in [6, 6.07) is 68.8. The van der Waals surface area contributed by atoms with Crippen LogP contribution < -0.4 is 9.80 Å². The van der Waals surface area contributed by atoms with Crippen LogP contribution in [0, 0.1) is 0 Å². The summed E-state index contributed by atoms with van der Waals surface area (Å²) in [6.07, 6.45) is 0. The zero-order valence-electron chi connectivity index (χ0n) is 28.2. The van der Waals surface area contributed by atoms with Crippen LogP contribution in [0.15, 0.2) is 199 Å². The molecular formula is C48H32N2OS. The highest BCUT2D eigenvalue weighted by Gasteiger charge is 2.22. The van der Waals surface area contributed by atoms with E-state index in [1.54, 1.807) is 0 Å². The van der Waals surface area contributed by atoms with Crippen LogP contribution in [0.5, 0.6) is 0 Å². The Balaban J connectivity index is 1.10. The lowest BCUT2D eigenvalue weighted by Gasteiger charge is -2.26. The number of nitrogens with zero attached hydrogens (tertiary/aromatic N) is 2. The first-order chi connectivity index (χ1) is 25.8. The quantitative estimate of drug-likeness (QED) is 0.167. The van der Waals surface area contributed by atoms with Crippen LogP contribution in [0.4, 0.5) is 34.1 Å². The Morgan fingerprint density at radius 1 is 0.385 bits per heavy atom. The molecule has 10 rings (SSSR count). The Kier molecular flexibility index (Phi) is 7.33. The van der Waals surface area contributed by atoms with Gasteiger partial charge < -0.3 is 14.2 Å². The number of rotatable bonds is 7. The van der Waals surface area contributed by atoms with Gasteiger partial charge in [-0.25, -0.2) is 0 Å². The number of fused-ring (bicyclic) bond motifs is 6. The summed E-state index contributed by atoms with van der Waals surface area (Å²) in [5, 5.41) is 4.76. The second kappa shape index (κ2) is 12.6. The molecule has 246 valence electrons. The average molecular weight is 685 g/mol. The van der Waals surface area contributed by atoms with Crippen molar-refractivity contribution in [1.82, 2.24) is 0 Å². The molecule has 0 fully saturated rings. The van der Waals surface area contributed by atoms with E-state index in [0.29, 0.717) is 0 Å². The summed E-state index contributed by atoms with van der Waals surface area (Å²) in [5.74, 6) is 0. The zero-order chi connectivity index (χ0) is 34.4. The molecular weight excluding hydrogens is 653 g/mol. The van der Waals surface area contributed by atoms with E-state index in [0.717, 1.165) is 61.5 Å². The fourth-order valence-corrected chi connectivity index (χ4v) is 8.73. The predicted molar refractivity (Wildman–Crippen MR) is 221 cm³/mol. The Morgan fingerprint density at radius 2 is 0.904 bits per heavy atom. The predicted octanol–water partition coefficient (Wildman–Crippen LogP) is 14.6. The van der Waals surface area contributed by atoms with Gasteiger partial charge in [-0.3, -0.25) is 0 Å². The van der Waals surface area contributed by atoms with Crippen molar-refractivity contribution in [3.05, 3.63) is 194 Å². The van der Waals surface area contributed by atoms with Crippen LogP contribution in [0.25, 0.3) is 53.2 Å². The van der Waals surface area contributed by atoms with Gasteiger partial charge in [0.15, 0.2) is 0 Å². The molecule has 0 bridgehead atoms. The van der Waals surface area contributed by atoms with Crippen molar-refractivity contribution in [2.45, 2.75) is 0 Å². The van der Waals surface area contributed by atoms with Crippen LogP contribution in [0.2, 0.25) is 0 Å². The van der Waals surface area contributed by atoms with Crippen LogP contribution in [0.1, 0.15) is 0 Å². The molecule has 0 saturated heterocycles. The molecule has 2 aromatic heterocycles. The summed E-state index contributed by atoms with van der Waals surface area (Å²) in [6.45, 7) is 0. The van der Waals surface area contributed by atoms with E-state index in [-0.39, 0.29) is 0 Å². The van der Waals surface area contributed by atoms with Crippen molar-refractivity contribution in [2.24, 2.45) is 0 Å². The first-order valence-corrected chi connectivity index (χ1v) is 18.3. The standard InChI is InChI=1S/C48H32N2OS/c1-4-15-34(16-5-1)49(35-17-6-2-7-18-35)42-25-14-27-44-46(42)41-24-12-22-38(47(41)51-44)33-29-31-37(32-30-33)50(36-19-8-3-9-20-36)43-26-13-23-40-39-21-10-11-28-45(39)52-48(40)43/h1-32H. The number of hydrogen-bond donors (Lipinski definition) is 0. The molecule has 0 aliphatic carbocycles. The molecule has 10 aromatic rings. The molecule has 0 saturated carbocycles. The molecule has 0 radical (unpaired) electrons. The van der Waals surface area contributed by atoms with Gasteiger partial charge in [0.05, 0.1) is 21.5 Å². The molecule has 3 nitrogen and oxygen atoms in total. The number of thiophene rings is 1. The maximum Gasteiger partial charge on any atom is 0.143 e. The Labute approximate surface area is 305 Å². The van der Waals surface area contributed by atoms with E-state index >= 15 is 0 Å². The van der Waals surface area contributed by atoms with Gasteiger partial charge >= 0.3 is 0 Å². The molecule has 0 amide bonds. The highest BCUT2D eigenvalue weighted by molar-refractivity contribution is 7.26. The van der Waals surface area contributed by atoms with Gasteiger partial charge in [0.25, 0.3) is 0 Å². The lowest BCUT2D eigenvalue weighted by atomic mass is 10.0. The number of para-hydroxylation sites is 4. The molecule has 0 N–H and O–H groups in total. The fourth-order valence-electron chi connectivity index (χ4n) is 7.53. The lowest BCUT2D eigenvalue weighted by molar-refractivity contribution is 0.670. The first kappa shape index (κ1) is 30.2. The van der Waals surface area contributed by atoms with Gasteiger partial charge in [-0.05, 0) is 78.4 Å². The third-order valence-corrected chi connectivity index (χ3v) is 11.1. The van der Waals surface area contributed by atoms with Crippen molar-refractivity contribution >= 4 is 87.6 Å². The first-order valence-electron chi connectivity index (χ1n) is 17.5. The molecule has 0 atom stereocenters. The normalized spacial score (nSPS) is 11.5. The van der Waals surface area contributed by atoms with Gasteiger partial charge in [0, 0.05) is 49.2 Å². The Hall–Kier alpha value is -6.62. The third kappa shape index (κ3) is 5.04. The van der Waals surface area contributed by atoms with Crippen molar-refractivity contribution in [1.29, 1.82) is 0 Å². The maximum absolute atomic E-state index is 6.76. The highest BCUT2D eigenvalue weighted by Crippen LogP contribution is 2.47. The monoisotopic (exact) mass is 684 g/mol. The van der Waals surface area contributed by atoms with E-state index in [4.69, 9.17) is 4.42 Å². The molecule has 0 aliphatic heterocycles. The fraction of sp³-hybridized carbons (Fsp3) is 0. The lowest BCUT2D eigenvalue weighted by Crippen LogP contribution is -2.09. The minimum Gasteiger partial charge on any atom is -0.455 e. The number of furan rings is 1. The second-order valence-electron chi connectivity index (χ2n) is 12.9.